The zero-order valence-corrected chi connectivity index (χ0v) is 8.75. The highest BCUT2D eigenvalue weighted by Gasteiger charge is 2.17. The molecule has 0 aliphatic heterocycles. The largest absolute Gasteiger partial charge is 0.480 e. The standard InChI is InChI=1S/C8H16N2O4/c1-5(6(11)12)9-10-7(13)14-8(2,3)4/h5,9H,1-4H3,(H,10,13)(H,11,12)/t5-/m1/s1. The molecule has 0 heterocycles. The van der Waals surface area contributed by atoms with Gasteiger partial charge in [-0.05, 0) is 27.7 Å². The summed E-state index contributed by atoms with van der Waals surface area (Å²) in [6.07, 6.45) is -0.703. The molecule has 0 saturated carbocycles. The molecule has 3 N–H and O–H groups in total. The van der Waals surface area contributed by atoms with Crippen molar-refractivity contribution in [2.75, 3.05) is 0 Å². The Morgan fingerprint density at radius 1 is 1.36 bits per heavy atom. The molecule has 0 unspecified atom stereocenters. The molecule has 0 aliphatic rings. The predicted octanol–water partition coefficient (Wildman–Crippen LogP) is 0.489. The van der Waals surface area contributed by atoms with E-state index in [2.05, 4.69) is 10.9 Å². The second-order valence-electron chi connectivity index (χ2n) is 3.83. The zero-order chi connectivity index (χ0) is 11.4. The average Bonchev–Trinajstić information content (AvgIpc) is 1.96. The normalized spacial score (nSPS) is 13.1. The number of rotatable bonds is 3. The fourth-order valence-electron chi connectivity index (χ4n) is 0.533. The van der Waals surface area contributed by atoms with Crippen LogP contribution in [-0.4, -0.2) is 28.8 Å². The molecular weight excluding hydrogens is 188 g/mol. The summed E-state index contributed by atoms with van der Waals surface area (Å²) in [5, 5.41) is 8.47. The van der Waals surface area contributed by atoms with E-state index < -0.39 is 23.7 Å². The number of nitrogens with one attached hydrogen (secondary N) is 2. The van der Waals surface area contributed by atoms with Gasteiger partial charge < -0.3 is 9.84 Å². The third kappa shape index (κ3) is 6.24. The van der Waals surface area contributed by atoms with Gasteiger partial charge in [-0.1, -0.05) is 0 Å². The Bertz CT molecular complexity index is 222. The van der Waals surface area contributed by atoms with Crippen LogP contribution >= 0.6 is 0 Å². The number of hydrogen-bond acceptors (Lipinski definition) is 4. The van der Waals surface area contributed by atoms with Crippen LogP contribution in [0.3, 0.4) is 0 Å². The number of carboxylic acid groups (broad SMARTS) is 1. The molecule has 0 saturated heterocycles. The predicted molar refractivity (Wildman–Crippen MR) is 49.6 cm³/mol. The highest BCUT2D eigenvalue weighted by molar-refractivity contribution is 5.74. The van der Waals surface area contributed by atoms with E-state index in [4.69, 9.17) is 9.84 Å². The van der Waals surface area contributed by atoms with E-state index in [0.29, 0.717) is 0 Å². The van der Waals surface area contributed by atoms with E-state index in [0.717, 1.165) is 0 Å². The average molecular weight is 204 g/mol. The van der Waals surface area contributed by atoms with Crippen LogP contribution in [0.5, 0.6) is 0 Å². The third-order valence-corrected chi connectivity index (χ3v) is 1.16. The first-order valence-corrected chi connectivity index (χ1v) is 4.19. The smallest absolute Gasteiger partial charge is 0.422 e. The van der Waals surface area contributed by atoms with Gasteiger partial charge in [0.2, 0.25) is 0 Å². The van der Waals surface area contributed by atoms with Crippen molar-refractivity contribution in [3.63, 3.8) is 0 Å². The van der Waals surface area contributed by atoms with E-state index >= 15 is 0 Å². The second kappa shape index (κ2) is 4.80. The van der Waals surface area contributed by atoms with E-state index in [1.54, 1.807) is 20.8 Å². The van der Waals surface area contributed by atoms with Crippen molar-refractivity contribution in [2.24, 2.45) is 0 Å². The Kier molecular flexibility index (Phi) is 4.36. The maximum Gasteiger partial charge on any atom is 0.422 e. The molecule has 0 radical (unpaired) electrons. The molecule has 1 atom stereocenters. The summed E-state index contributed by atoms with van der Waals surface area (Å²) >= 11 is 0. The third-order valence-electron chi connectivity index (χ3n) is 1.16. The van der Waals surface area contributed by atoms with Crippen LogP contribution in [0.4, 0.5) is 4.79 Å². The molecule has 0 rings (SSSR count). The Labute approximate surface area is 82.6 Å². The summed E-state index contributed by atoms with van der Waals surface area (Å²) in [5.41, 5.74) is 3.81. The molecule has 0 aliphatic carbocycles. The van der Waals surface area contributed by atoms with E-state index in [9.17, 15) is 9.59 Å². The van der Waals surface area contributed by atoms with Crippen LogP contribution in [-0.2, 0) is 9.53 Å². The Morgan fingerprint density at radius 3 is 2.21 bits per heavy atom. The van der Waals surface area contributed by atoms with E-state index in [1.807, 2.05) is 0 Å². The van der Waals surface area contributed by atoms with Gasteiger partial charge in [0, 0.05) is 0 Å². The maximum absolute atomic E-state index is 11.0. The van der Waals surface area contributed by atoms with Crippen molar-refractivity contribution >= 4 is 12.1 Å². The van der Waals surface area contributed by atoms with Crippen molar-refractivity contribution in [2.45, 2.75) is 39.3 Å². The van der Waals surface area contributed by atoms with Gasteiger partial charge in [-0.2, -0.15) is 0 Å². The molecule has 0 fully saturated rings. The van der Waals surface area contributed by atoms with Crippen molar-refractivity contribution in [1.82, 2.24) is 10.9 Å². The van der Waals surface area contributed by atoms with Gasteiger partial charge in [0.15, 0.2) is 0 Å². The number of amides is 1. The van der Waals surface area contributed by atoms with Gasteiger partial charge in [0.1, 0.15) is 11.6 Å². The van der Waals surface area contributed by atoms with Crippen LogP contribution in [0.1, 0.15) is 27.7 Å². The summed E-state index contributed by atoms with van der Waals surface area (Å²) < 4.78 is 4.86. The number of carbonyl (C=O) groups excluding carboxylic acids is 1. The SMILES string of the molecule is C[C@@H](NNC(=O)OC(C)(C)C)C(=O)O. The van der Waals surface area contributed by atoms with Crippen LogP contribution in [0.2, 0.25) is 0 Å². The quantitative estimate of drug-likeness (QED) is 0.582. The molecule has 1 amide bonds. The minimum Gasteiger partial charge on any atom is -0.480 e. The molecule has 14 heavy (non-hydrogen) atoms. The van der Waals surface area contributed by atoms with Gasteiger partial charge in [0.25, 0.3) is 0 Å². The van der Waals surface area contributed by atoms with Crippen LogP contribution in [0, 0.1) is 0 Å². The van der Waals surface area contributed by atoms with Crippen LogP contribution in [0.25, 0.3) is 0 Å². The minimum absolute atomic E-state index is 0.599. The fourth-order valence-corrected chi connectivity index (χ4v) is 0.533. The summed E-state index contributed by atoms with van der Waals surface area (Å²) in [6.45, 7) is 6.55. The van der Waals surface area contributed by atoms with Gasteiger partial charge in [-0.25, -0.2) is 10.2 Å². The Morgan fingerprint density at radius 2 is 1.86 bits per heavy atom. The molecular formula is C8H16N2O4. The van der Waals surface area contributed by atoms with E-state index in [1.165, 1.54) is 6.92 Å². The summed E-state index contributed by atoms with van der Waals surface area (Å²) in [7, 11) is 0. The zero-order valence-electron chi connectivity index (χ0n) is 8.75. The number of hydrazine groups is 1. The first-order valence-electron chi connectivity index (χ1n) is 4.19. The summed E-state index contributed by atoms with van der Waals surface area (Å²) in [6, 6.07) is -0.859. The van der Waals surface area contributed by atoms with Gasteiger partial charge in [-0.3, -0.25) is 10.2 Å². The molecule has 6 nitrogen and oxygen atoms in total. The summed E-state index contributed by atoms with van der Waals surface area (Å²) in [5.74, 6) is -1.05. The van der Waals surface area contributed by atoms with Crippen LogP contribution in [0.15, 0.2) is 0 Å². The van der Waals surface area contributed by atoms with Crippen molar-refractivity contribution in [3.8, 4) is 0 Å². The number of hydrogen-bond donors (Lipinski definition) is 3. The van der Waals surface area contributed by atoms with Crippen molar-refractivity contribution in [1.29, 1.82) is 0 Å². The molecule has 0 spiro atoms. The lowest BCUT2D eigenvalue weighted by Gasteiger charge is -2.20. The van der Waals surface area contributed by atoms with Gasteiger partial charge in [0.05, 0.1) is 0 Å². The number of aliphatic carboxylic acids is 1. The van der Waals surface area contributed by atoms with Gasteiger partial charge in [-0.15, -0.1) is 0 Å². The minimum atomic E-state index is -1.05. The lowest BCUT2D eigenvalue weighted by Crippen LogP contribution is -2.48. The lowest BCUT2D eigenvalue weighted by molar-refractivity contribution is -0.139. The second-order valence-corrected chi connectivity index (χ2v) is 3.83. The molecule has 0 bridgehead atoms. The first-order chi connectivity index (χ1) is 6.22. The van der Waals surface area contributed by atoms with Crippen molar-refractivity contribution in [3.05, 3.63) is 0 Å². The monoisotopic (exact) mass is 204 g/mol. The number of carboxylic acids is 1. The first kappa shape index (κ1) is 12.7. The summed E-state index contributed by atoms with van der Waals surface area (Å²) in [4.78, 5) is 21.3. The molecule has 0 aromatic rings. The topological polar surface area (TPSA) is 87.7 Å². The Hall–Kier alpha value is -1.30. The van der Waals surface area contributed by atoms with Crippen LogP contribution < -0.4 is 10.9 Å². The van der Waals surface area contributed by atoms with Gasteiger partial charge >= 0.3 is 12.1 Å². The maximum atomic E-state index is 11.0. The van der Waals surface area contributed by atoms with E-state index in [-0.39, 0.29) is 0 Å². The molecule has 6 heteroatoms. The lowest BCUT2D eigenvalue weighted by atomic mass is 10.2. The molecule has 0 aromatic heterocycles. The fraction of sp³-hybridized carbons (Fsp3) is 0.750. The molecule has 82 valence electrons. The number of ether oxygens (including phenoxy) is 1. The number of carbonyl (C=O) groups is 2. The van der Waals surface area contributed by atoms with Crippen molar-refractivity contribution < 1.29 is 19.4 Å². The molecule has 0 aromatic carbocycles. The Balaban J connectivity index is 3.81. The highest BCUT2D eigenvalue weighted by Crippen LogP contribution is 2.05. The highest BCUT2D eigenvalue weighted by atomic mass is 16.6.